The Hall–Kier alpha value is -3.19. The summed E-state index contributed by atoms with van der Waals surface area (Å²) in [5, 5.41) is 4.70. The lowest BCUT2D eigenvalue weighted by molar-refractivity contribution is -0.115. The van der Waals surface area contributed by atoms with Gasteiger partial charge in [-0.1, -0.05) is 0 Å². The van der Waals surface area contributed by atoms with E-state index in [1.807, 2.05) is 40.2 Å². The van der Waals surface area contributed by atoms with Gasteiger partial charge in [0.25, 0.3) is 0 Å². The van der Waals surface area contributed by atoms with Gasteiger partial charge in [0.2, 0.25) is 5.91 Å². The third kappa shape index (κ3) is 3.68. The van der Waals surface area contributed by atoms with Crippen LogP contribution in [0.25, 0.3) is 16.2 Å². The Morgan fingerprint density at radius 2 is 1.93 bits per heavy atom. The minimum atomic E-state index is -0.336. The Bertz CT molecular complexity index is 1080. The number of amides is 1. The highest BCUT2D eigenvalue weighted by atomic mass is 32.1. The van der Waals surface area contributed by atoms with Crippen LogP contribution < -0.4 is 10.1 Å². The predicted octanol–water partition coefficient (Wildman–Crippen LogP) is 4.39. The Balaban J connectivity index is 1.53. The van der Waals surface area contributed by atoms with E-state index in [0.717, 1.165) is 27.7 Å². The van der Waals surface area contributed by atoms with Gasteiger partial charge in [-0.05, 0) is 48.5 Å². The van der Waals surface area contributed by atoms with E-state index in [2.05, 4.69) is 10.3 Å². The van der Waals surface area contributed by atoms with Crippen molar-refractivity contribution >= 4 is 27.9 Å². The number of aromatic nitrogens is 2. The van der Waals surface area contributed by atoms with E-state index in [4.69, 9.17) is 4.74 Å². The number of nitrogens with one attached hydrogen (secondary N) is 1. The lowest BCUT2D eigenvalue weighted by Crippen LogP contribution is -2.15. The van der Waals surface area contributed by atoms with Gasteiger partial charge in [0.05, 0.1) is 19.2 Å². The van der Waals surface area contributed by atoms with Crippen LogP contribution in [-0.2, 0) is 11.2 Å². The largest absolute Gasteiger partial charge is 0.497 e. The molecule has 1 amide bonds. The molecule has 0 aliphatic heterocycles. The number of hydrogen-bond donors (Lipinski definition) is 1. The zero-order valence-electron chi connectivity index (χ0n) is 14.5. The fourth-order valence-corrected chi connectivity index (χ4v) is 3.63. The lowest BCUT2D eigenvalue weighted by Gasteiger charge is -2.04. The van der Waals surface area contributed by atoms with Gasteiger partial charge in [-0.3, -0.25) is 9.20 Å². The van der Waals surface area contributed by atoms with Crippen molar-refractivity contribution < 1.29 is 13.9 Å². The Labute approximate surface area is 159 Å². The van der Waals surface area contributed by atoms with Crippen LogP contribution in [0, 0.1) is 5.82 Å². The summed E-state index contributed by atoms with van der Waals surface area (Å²) in [5.74, 6) is 0.288. The minimum absolute atomic E-state index is 0.166. The maximum Gasteiger partial charge on any atom is 0.230 e. The first-order valence-corrected chi connectivity index (χ1v) is 9.15. The van der Waals surface area contributed by atoms with Gasteiger partial charge in [-0.2, -0.15) is 0 Å². The number of carbonyl (C=O) groups is 1. The number of nitrogens with zero attached hydrogens (tertiary/aromatic N) is 2. The summed E-state index contributed by atoms with van der Waals surface area (Å²) in [6.45, 7) is 0. The number of imidazole rings is 1. The second-order valence-electron chi connectivity index (χ2n) is 5.97. The standard InChI is InChI=1S/C20H16FN3O2S/c1-26-17-8-2-13(3-9-17)18-11-24-16(12-27-20(24)23-18)10-19(25)22-15-6-4-14(21)5-7-15/h2-9,11-12H,10H2,1H3,(H,22,25). The number of anilines is 1. The molecule has 5 nitrogen and oxygen atoms in total. The van der Waals surface area contributed by atoms with E-state index in [-0.39, 0.29) is 18.1 Å². The molecule has 0 aliphatic rings. The third-order valence-electron chi connectivity index (χ3n) is 4.14. The third-order valence-corrected chi connectivity index (χ3v) is 5.03. The van der Waals surface area contributed by atoms with Crippen LogP contribution in [0.1, 0.15) is 5.69 Å². The van der Waals surface area contributed by atoms with E-state index in [1.165, 1.54) is 35.6 Å². The molecule has 4 rings (SSSR count). The van der Waals surface area contributed by atoms with Gasteiger partial charge in [-0.25, -0.2) is 9.37 Å². The van der Waals surface area contributed by atoms with Crippen LogP contribution in [0.5, 0.6) is 5.75 Å². The topological polar surface area (TPSA) is 55.6 Å². The molecular formula is C20H16FN3O2S. The molecular weight excluding hydrogens is 365 g/mol. The van der Waals surface area contributed by atoms with Crippen LogP contribution in [0.3, 0.4) is 0 Å². The van der Waals surface area contributed by atoms with Crippen molar-refractivity contribution in [3.05, 3.63) is 71.6 Å². The number of fused-ring (bicyclic) bond motifs is 1. The second kappa shape index (κ2) is 7.20. The summed E-state index contributed by atoms with van der Waals surface area (Å²) >= 11 is 1.48. The molecule has 2 aromatic carbocycles. The van der Waals surface area contributed by atoms with Gasteiger partial charge >= 0.3 is 0 Å². The van der Waals surface area contributed by atoms with Crippen LogP contribution in [0.4, 0.5) is 10.1 Å². The number of benzene rings is 2. The van der Waals surface area contributed by atoms with Gasteiger partial charge in [-0.15, -0.1) is 11.3 Å². The quantitative estimate of drug-likeness (QED) is 0.558. The number of rotatable bonds is 5. The number of methoxy groups -OCH3 is 1. The van der Waals surface area contributed by atoms with E-state index in [1.54, 1.807) is 7.11 Å². The molecule has 0 fully saturated rings. The highest BCUT2D eigenvalue weighted by Crippen LogP contribution is 2.25. The van der Waals surface area contributed by atoms with Crippen molar-refractivity contribution in [2.45, 2.75) is 6.42 Å². The predicted molar refractivity (Wildman–Crippen MR) is 104 cm³/mol. The molecule has 27 heavy (non-hydrogen) atoms. The first-order valence-electron chi connectivity index (χ1n) is 8.28. The van der Waals surface area contributed by atoms with Gasteiger partial charge in [0, 0.05) is 28.5 Å². The van der Waals surface area contributed by atoms with Crippen molar-refractivity contribution in [2.24, 2.45) is 0 Å². The Kier molecular flexibility index (Phi) is 4.60. The van der Waals surface area contributed by atoms with Gasteiger partial charge < -0.3 is 10.1 Å². The first-order chi connectivity index (χ1) is 13.1. The molecule has 0 atom stereocenters. The normalized spacial score (nSPS) is 10.9. The van der Waals surface area contributed by atoms with E-state index in [9.17, 15) is 9.18 Å². The summed E-state index contributed by atoms with van der Waals surface area (Å²) in [5.41, 5.74) is 3.23. The van der Waals surface area contributed by atoms with Gasteiger partial charge in [0.1, 0.15) is 11.6 Å². The first kappa shape index (κ1) is 17.2. The maximum absolute atomic E-state index is 13.0. The molecule has 136 valence electrons. The molecule has 4 aromatic rings. The lowest BCUT2D eigenvalue weighted by atomic mass is 10.2. The summed E-state index contributed by atoms with van der Waals surface area (Å²) < 4.78 is 20.1. The minimum Gasteiger partial charge on any atom is -0.497 e. The van der Waals surface area contributed by atoms with Crippen molar-refractivity contribution in [1.82, 2.24) is 9.38 Å². The maximum atomic E-state index is 13.0. The van der Waals surface area contributed by atoms with Crippen molar-refractivity contribution in [3.63, 3.8) is 0 Å². The average molecular weight is 381 g/mol. The van der Waals surface area contributed by atoms with Crippen molar-refractivity contribution in [3.8, 4) is 17.0 Å². The fraction of sp³-hybridized carbons (Fsp3) is 0.100. The Morgan fingerprint density at radius 1 is 1.19 bits per heavy atom. The number of ether oxygens (including phenoxy) is 1. The van der Waals surface area contributed by atoms with Crippen LogP contribution in [0.15, 0.2) is 60.1 Å². The molecule has 0 spiro atoms. The molecule has 0 radical (unpaired) electrons. The van der Waals surface area contributed by atoms with E-state index >= 15 is 0 Å². The molecule has 0 bridgehead atoms. The second-order valence-corrected chi connectivity index (χ2v) is 6.80. The number of thiazole rings is 1. The SMILES string of the molecule is COc1ccc(-c2cn3c(CC(=O)Nc4ccc(F)cc4)csc3n2)cc1. The monoisotopic (exact) mass is 381 g/mol. The van der Waals surface area contributed by atoms with Crippen molar-refractivity contribution in [2.75, 3.05) is 12.4 Å². The molecule has 0 aliphatic carbocycles. The van der Waals surface area contributed by atoms with Crippen molar-refractivity contribution in [1.29, 1.82) is 0 Å². The van der Waals surface area contributed by atoms with E-state index < -0.39 is 0 Å². The highest BCUT2D eigenvalue weighted by Gasteiger charge is 2.13. The number of halogens is 1. The summed E-state index contributed by atoms with van der Waals surface area (Å²) in [4.78, 5) is 17.8. The van der Waals surface area contributed by atoms with Gasteiger partial charge in [0.15, 0.2) is 4.96 Å². The zero-order valence-corrected chi connectivity index (χ0v) is 15.3. The zero-order chi connectivity index (χ0) is 18.8. The molecule has 0 saturated carbocycles. The number of carbonyl (C=O) groups excluding carboxylic acids is 1. The molecule has 0 unspecified atom stereocenters. The number of hydrogen-bond acceptors (Lipinski definition) is 4. The van der Waals surface area contributed by atoms with Crippen LogP contribution >= 0.6 is 11.3 Å². The molecule has 2 heterocycles. The molecule has 0 saturated heterocycles. The average Bonchev–Trinajstić information content (AvgIpc) is 3.26. The smallest absolute Gasteiger partial charge is 0.230 e. The summed E-state index contributed by atoms with van der Waals surface area (Å²) in [7, 11) is 1.63. The molecule has 2 aromatic heterocycles. The molecule has 1 N–H and O–H groups in total. The Morgan fingerprint density at radius 3 is 2.63 bits per heavy atom. The summed E-state index contributed by atoms with van der Waals surface area (Å²) in [6.07, 6.45) is 2.13. The fourth-order valence-electron chi connectivity index (χ4n) is 2.76. The van der Waals surface area contributed by atoms with E-state index in [0.29, 0.717) is 5.69 Å². The summed E-state index contributed by atoms with van der Waals surface area (Å²) in [6, 6.07) is 13.4. The molecule has 7 heteroatoms. The van der Waals surface area contributed by atoms with Crippen LogP contribution in [0.2, 0.25) is 0 Å². The van der Waals surface area contributed by atoms with Crippen LogP contribution in [-0.4, -0.2) is 22.4 Å². The highest BCUT2D eigenvalue weighted by molar-refractivity contribution is 7.15.